The molecule has 0 spiro atoms. The molecular formula is C17H23NO2S. The smallest absolute Gasteiger partial charge is 0.122 e. The molecule has 0 unspecified atom stereocenters. The molecule has 21 heavy (non-hydrogen) atoms. The normalized spacial score (nSPS) is 15.4. The first-order chi connectivity index (χ1) is 10.0. The van der Waals surface area contributed by atoms with Crippen molar-refractivity contribution in [3.8, 4) is 5.75 Å². The predicted octanol–water partition coefficient (Wildman–Crippen LogP) is 3.19. The number of rotatable bonds is 7. The molecular weight excluding hydrogens is 282 g/mol. The van der Waals surface area contributed by atoms with Gasteiger partial charge in [0.25, 0.3) is 0 Å². The zero-order chi connectivity index (χ0) is 15.3. The fourth-order valence-corrected chi connectivity index (χ4v) is 3.10. The van der Waals surface area contributed by atoms with Gasteiger partial charge in [0.15, 0.2) is 0 Å². The second-order valence-electron chi connectivity index (χ2n) is 5.58. The highest BCUT2D eigenvalue weighted by Crippen LogP contribution is 2.23. The summed E-state index contributed by atoms with van der Waals surface area (Å²) >= 11 is 1.60. The molecule has 2 rings (SSSR count). The fourth-order valence-electron chi connectivity index (χ4n) is 2.32. The van der Waals surface area contributed by atoms with E-state index in [1.165, 1.54) is 5.56 Å². The summed E-state index contributed by atoms with van der Waals surface area (Å²) in [4.78, 5) is 0. The SMILES string of the molecule is COc1ccccc1C[C@@H](C)NC[C@@](C)(O)c1ccsc1. The lowest BCUT2D eigenvalue weighted by Crippen LogP contribution is -2.40. The van der Waals surface area contributed by atoms with Crippen LogP contribution in [0.4, 0.5) is 0 Å². The molecule has 0 fully saturated rings. The largest absolute Gasteiger partial charge is 0.496 e. The van der Waals surface area contributed by atoms with Gasteiger partial charge in [-0.25, -0.2) is 0 Å². The van der Waals surface area contributed by atoms with Gasteiger partial charge < -0.3 is 15.2 Å². The van der Waals surface area contributed by atoms with Gasteiger partial charge in [-0.1, -0.05) is 18.2 Å². The van der Waals surface area contributed by atoms with Crippen LogP contribution in [0.1, 0.15) is 25.0 Å². The van der Waals surface area contributed by atoms with Crippen molar-refractivity contribution in [2.24, 2.45) is 0 Å². The van der Waals surface area contributed by atoms with Gasteiger partial charge in [0.2, 0.25) is 0 Å². The summed E-state index contributed by atoms with van der Waals surface area (Å²) in [6.45, 7) is 4.49. The number of ether oxygens (including phenoxy) is 1. The van der Waals surface area contributed by atoms with E-state index < -0.39 is 5.60 Å². The van der Waals surface area contributed by atoms with Crippen molar-refractivity contribution < 1.29 is 9.84 Å². The Balaban J connectivity index is 1.92. The molecule has 3 nitrogen and oxygen atoms in total. The second-order valence-corrected chi connectivity index (χ2v) is 6.36. The highest BCUT2D eigenvalue weighted by atomic mass is 32.1. The number of nitrogens with one attached hydrogen (secondary N) is 1. The average molecular weight is 305 g/mol. The number of hydrogen-bond acceptors (Lipinski definition) is 4. The van der Waals surface area contributed by atoms with E-state index in [1.807, 2.05) is 41.9 Å². The average Bonchev–Trinajstić information content (AvgIpc) is 3.01. The highest BCUT2D eigenvalue weighted by Gasteiger charge is 2.24. The quantitative estimate of drug-likeness (QED) is 0.825. The lowest BCUT2D eigenvalue weighted by Gasteiger charge is -2.25. The predicted molar refractivity (Wildman–Crippen MR) is 88.1 cm³/mol. The molecule has 0 aliphatic heterocycles. The Hall–Kier alpha value is -1.36. The van der Waals surface area contributed by atoms with Crippen LogP contribution in [0.5, 0.6) is 5.75 Å². The van der Waals surface area contributed by atoms with Gasteiger partial charge in [-0.05, 0) is 54.3 Å². The minimum Gasteiger partial charge on any atom is -0.496 e. The molecule has 2 aromatic rings. The zero-order valence-corrected chi connectivity index (χ0v) is 13.6. The Kier molecular flexibility index (Phi) is 5.39. The lowest BCUT2D eigenvalue weighted by molar-refractivity contribution is 0.0548. The van der Waals surface area contributed by atoms with Gasteiger partial charge in [0, 0.05) is 12.6 Å². The van der Waals surface area contributed by atoms with Crippen molar-refractivity contribution in [1.29, 1.82) is 0 Å². The van der Waals surface area contributed by atoms with Crippen LogP contribution >= 0.6 is 11.3 Å². The molecule has 1 aromatic heterocycles. The van der Waals surface area contributed by atoms with E-state index >= 15 is 0 Å². The third-order valence-electron chi connectivity index (χ3n) is 3.66. The second kappa shape index (κ2) is 7.07. The molecule has 0 radical (unpaired) electrons. The zero-order valence-electron chi connectivity index (χ0n) is 12.8. The molecule has 0 saturated carbocycles. The monoisotopic (exact) mass is 305 g/mol. The molecule has 0 amide bonds. The Morgan fingerprint density at radius 2 is 2.10 bits per heavy atom. The molecule has 2 N–H and O–H groups in total. The first kappa shape index (κ1) is 16.0. The van der Waals surface area contributed by atoms with Gasteiger partial charge in [0.05, 0.1) is 12.7 Å². The fraction of sp³-hybridized carbons (Fsp3) is 0.412. The van der Waals surface area contributed by atoms with E-state index in [-0.39, 0.29) is 6.04 Å². The Bertz CT molecular complexity index is 552. The molecule has 0 saturated heterocycles. The number of aliphatic hydroxyl groups is 1. The van der Waals surface area contributed by atoms with Crippen molar-refractivity contribution in [2.75, 3.05) is 13.7 Å². The van der Waals surface area contributed by atoms with Crippen LogP contribution in [0.2, 0.25) is 0 Å². The number of hydrogen-bond donors (Lipinski definition) is 2. The summed E-state index contributed by atoms with van der Waals surface area (Å²) in [7, 11) is 1.69. The maximum atomic E-state index is 10.5. The van der Waals surface area contributed by atoms with Crippen LogP contribution in [0.15, 0.2) is 41.1 Å². The minimum absolute atomic E-state index is 0.256. The van der Waals surface area contributed by atoms with Gasteiger partial charge >= 0.3 is 0 Å². The lowest BCUT2D eigenvalue weighted by atomic mass is 9.98. The number of thiophene rings is 1. The van der Waals surface area contributed by atoms with Crippen LogP contribution in [-0.4, -0.2) is 24.8 Å². The van der Waals surface area contributed by atoms with Crippen LogP contribution in [0.25, 0.3) is 0 Å². The summed E-state index contributed by atoms with van der Waals surface area (Å²) in [5.74, 6) is 0.913. The van der Waals surface area contributed by atoms with E-state index in [2.05, 4.69) is 18.3 Å². The first-order valence-electron chi connectivity index (χ1n) is 7.13. The van der Waals surface area contributed by atoms with Crippen LogP contribution in [0.3, 0.4) is 0 Å². The standard InChI is InChI=1S/C17H23NO2S/c1-13(10-14-6-4-5-7-16(14)20-3)18-12-17(2,19)15-8-9-21-11-15/h4-9,11,13,18-19H,10,12H2,1-3H3/t13-,17-/m1/s1. The molecule has 0 aliphatic rings. The molecule has 0 bridgehead atoms. The van der Waals surface area contributed by atoms with Gasteiger partial charge in [-0.3, -0.25) is 0 Å². The van der Waals surface area contributed by atoms with Gasteiger partial charge in [-0.2, -0.15) is 11.3 Å². The van der Waals surface area contributed by atoms with Crippen molar-refractivity contribution >= 4 is 11.3 Å². The van der Waals surface area contributed by atoms with E-state index in [0.717, 1.165) is 17.7 Å². The molecule has 2 atom stereocenters. The van der Waals surface area contributed by atoms with Gasteiger partial charge in [0.1, 0.15) is 5.75 Å². The summed E-state index contributed by atoms with van der Waals surface area (Å²) < 4.78 is 5.37. The topological polar surface area (TPSA) is 41.5 Å². The third kappa shape index (κ3) is 4.30. The Morgan fingerprint density at radius 1 is 1.33 bits per heavy atom. The maximum Gasteiger partial charge on any atom is 0.122 e. The minimum atomic E-state index is -0.838. The molecule has 114 valence electrons. The number of methoxy groups -OCH3 is 1. The molecule has 0 aliphatic carbocycles. The van der Waals surface area contributed by atoms with Crippen molar-refractivity contribution in [2.45, 2.75) is 31.9 Å². The number of para-hydroxylation sites is 1. The molecule has 1 heterocycles. The maximum absolute atomic E-state index is 10.5. The van der Waals surface area contributed by atoms with Gasteiger partial charge in [-0.15, -0.1) is 0 Å². The van der Waals surface area contributed by atoms with E-state index in [1.54, 1.807) is 18.4 Å². The van der Waals surface area contributed by atoms with Crippen molar-refractivity contribution in [3.05, 3.63) is 52.2 Å². The van der Waals surface area contributed by atoms with Crippen LogP contribution < -0.4 is 10.1 Å². The van der Waals surface area contributed by atoms with E-state index in [0.29, 0.717) is 6.54 Å². The Morgan fingerprint density at radius 3 is 2.76 bits per heavy atom. The molecule has 4 heteroatoms. The summed E-state index contributed by atoms with van der Waals surface area (Å²) in [6.07, 6.45) is 0.865. The van der Waals surface area contributed by atoms with Crippen LogP contribution in [-0.2, 0) is 12.0 Å². The van der Waals surface area contributed by atoms with Crippen LogP contribution in [0, 0.1) is 0 Å². The van der Waals surface area contributed by atoms with Crippen molar-refractivity contribution in [3.63, 3.8) is 0 Å². The summed E-state index contributed by atoms with van der Waals surface area (Å²) in [5.41, 5.74) is 1.30. The molecule has 1 aromatic carbocycles. The Labute approximate surface area is 130 Å². The van der Waals surface area contributed by atoms with Crippen molar-refractivity contribution in [1.82, 2.24) is 5.32 Å². The first-order valence-corrected chi connectivity index (χ1v) is 8.07. The highest BCUT2D eigenvalue weighted by molar-refractivity contribution is 7.08. The van der Waals surface area contributed by atoms with E-state index in [4.69, 9.17) is 4.74 Å². The number of benzene rings is 1. The summed E-state index contributed by atoms with van der Waals surface area (Å²) in [6, 6.07) is 10.3. The summed E-state index contributed by atoms with van der Waals surface area (Å²) in [5, 5.41) is 17.9. The van der Waals surface area contributed by atoms with E-state index in [9.17, 15) is 5.11 Å². The third-order valence-corrected chi connectivity index (χ3v) is 4.34.